The number of rotatable bonds is 5. The normalized spacial score (nSPS) is 18.8. The molecule has 6 nitrogen and oxygen atoms in total. The fraction of sp³-hybridized carbons (Fsp3) is 0.727. The third-order valence-electron chi connectivity index (χ3n) is 3.31. The Labute approximate surface area is 122 Å². The summed E-state index contributed by atoms with van der Waals surface area (Å²) >= 11 is 3.40. The van der Waals surface area contributed by atoms with Gasteiger partial charge < -0.3 is 4.57 Å². The number of aromatic nitrogens is 2. The maximum absolute atomic E-state index is 12.4. The Hall–Kier alpha value is -0.440. The first-order valence-corrected chi connectivity index (χ1v) is 8.94. The van der Waals surface area contributed by atoms with Crippen LogP contribution in [0.15, 0.2) is 17.6 Å². The van der Waals surface area contributed by atoms with Gasteiger partial charge in [0.05, 0.1) is 6.33 Å². The summed E-state index contributed by atoms with van der Waals surface area (Å²) in [5, 5.41) is 1.07. The Kier molecular flexibility index (Phi) is 4.99. The molecule has 1 aliphatic heterocycles. The highest BCUT2D eigenvalue weighted by Crippen LogP contribution is 2.15. The maximum atomic E-state index is 12.4. The summed E-state index contributed by atoms with van der Waals surface area (Å²) in [6.07, 6.45) is 3.16. The quantitative estimate of drug-likeness (QED) is 0.730. The van der Waals surface area contributed by atoms with Crippen molar-refractivity contribution < 1.29 is 8.42 Å². The standard InChI is InChI=1S/C11H19BrN4O2S/c1-2-14-9-11(13-10-14)19(17,18)16-7-5-15(4-3-12)6-8-16/h9-10H,2-8H2,1H3. The van der Waals surface area contributed by atoms with Crippen LogP contribution in [0.2, 0.25) is 0 Å². The van der Waals surface area contributed by atoms with Crippen molar-refractivity contribution >= 4 is 26.0 Å². The lowest BCUT2D eigenvalue weighted by Crippen LogP contribution is -2.49. The molecule has 108 valence electrons. The van der Waals surface area contributed by atoms with E-state index in [-0.39, 0.29) is 5.03 Å². The Morgan fingerprint density at radius 2 is 2.00 bits per heavy atom. The molecule has 0 aliphatic carbocycles. The van der Waals surface area contributed by atoms with E-state index in [2.05, 4.69) is 25.8 Å². The van der Waals surface area contributed by atoms with E-state index >= 15 is 0 Å². The summed E-state index contributed by atoms with van der Waals surface area (Å²) in [5.74, 6) is 0. The molecule has 0 bridgehead atoms. The second-order valence-electron chi connectivity index (χ2n) is 4.48. The van der Waals surface area contributed by atoms with Crippen molar-refractivity contribution in [2.24, 2.45) is 0 Å². The lowest BCUT2D eigenvalue weighted by molar-refractivity contribution is 0.198. The minimum Gasteiger partial charge on any atom is -0.336 e. The number of alkyl halides is 1. The molecule has 1 saturated heterocycles. The van der Waals surface area contributed by atoms with E-state index in [0.29, 0.717) is 13.1 Å². The molecule has 0 unspecified atom stereocenters. The number of piperazine rings is 1. The third kappa shape index (κ3) is 3.36. The van der Waals surface area contributed by atoms with Gasteiger partial charge in [-0.15, -0.1) is 0 Å². The van der Waals surface area contributed by atoms with Crippen LogP contribution in [0.1, 0.15) is 6.92 Å². The summed E-state index contributed by atoms with van der Waals surface area (Å²) < 4.78 is 28.1. The average molecular weight is 351 g/mol. The predicted molar refractivity (Wildman–Crippen MR) is 76.9 cm³/mol. The SMILES string of the molecule is CCn1cnc(S(=O)(=O)N2CCN(CCBr)CC2)c1. The van der Waals surface area contributed by atoms with Gasteiger partial charge in [-0.1, -0.05) is 15.9 Å². The zero-order valence-electron chi connectivity index (χ0n) is 11.0. The van der Waals surface area contributed by atoms with E-state index in [1.807, 2.05) is 6.92 Å². The van der Waals surface area contributed by atoms with Crippen LogP contribution in [0.4, 0.5) is 0 Å². The number of aryl methyl sites for hydroxylation is 1. The van der Waals surface area contributed by atoms with Crippen LogP contribution in [-0.4, -0.2) is 65.2 Å². The minimum absolute atomic E-state index is 0.156. The number of hydrogen-bond donors (Lipinski definition) is 0. The summed E-state index contributed by atoms with van der Waals surface area (Å²) in [5.41, 5.74) is 0. The average Bonchev–Trinajstić information content (AvgIpc) is 2.89. The van der Waals surface area contributed by atoms with Gasteiger partial charge in [-0.2, -0.15) is 4.31 Å². The van der Waals surface area contributed by atoms with Gasteiger partial charge in [0.2, 0.25) is 0 Å². The van der Waals surface area contributed by atoms with Crippen LogP contribution in [0.3, 0.4) is 0 Å². The molecule has 0 atom stereocenters. The monoisotopic (exact) mass is 350 g/mol. The second kappa shape index (κ2) is 6.34. The Balaban J connectivity index is 2.05. The van der Waals surface area contributed by atoms with Crippen molar-refractivity contribution in [1.29, 1.82) is 0 Å². The van der Waals surface area contributed by atoms with Crippen molar-refractivity contribution in [2.75, 3.05) is 38.1 Å². The van der Waals surface area contributed by atoms with E-state index in [9.17, 15) is 8.42 Å². The van der Waals surface area contributed by atoms with Crippen LogP contribution in [0, 0.1) is 0 Å². The van der Waals surface area contributed by atoms with Crippen molar-refractivity contribution in [3.8, 4) is 0 Å². The van der Waals surface area contributed by atoms with Gasteiger partial charge in [0.25, 0.3) is 10.0 Å². The minimum atomic E-state index is -3.43. The molecule has 8 heteroatoms. The van der Waals surface area contributed by atoms with Crippen LogP contribution < -0.4 is 0 Å². The van der Waals surface area contributed by atoms with Gasteiger partial charge in [-0.05, 0) is 6.92 Å². The molecule has 1 aromatic rings. The topological polar surface area (TPSA) is 58.4 Å². The van der Waals surface area contributed by atoms with Gasteiger partial charge in [-0.25, -0.2) is 13.4 Å². The van der Waals surface area contributed by atoms with Gasteiger partial charge in [-0.3, -0.25) is 4.90 Å². The zero-order valence-corrected chi connectivity index (χ0v) is 13.4. The maximum Gasteiger partial charge on any atom is 0.262 e. The molecule has 1 aliphatic rings. The zero-order chi connectivity index (χ0) is 13.9. The number of imidazole rings is 1. The van der Waals surface area contributed by atoms with Crippen molar-refractivity contribution in [3.05, 3.63) is 12.5 Å². The van der Waals surface area contributed by atoms with Gasteiger partial charge in [0.15, 0.2) is 5.03 Å². The molecular formula is C11H19BrN4O2S. The number of hydrogen-bond acceptors (Lipinski definition) is 4. The molecule has 0 aromatic carbocycles. The second-order valence-corrected chi connectivity index (χ2v) is 7.15. The summed E-state index contributed by atoms with van der Waals surface area (Å²) in [6, 6.07) is 0. The van der Waals surface area contributed by atoms with Crippen LogP contribution in [-0.2, 0) is 16.6 Å². The Morgan fingerprint density at radius 3 is 2.53 bits per heavy atom. The molecule has 0 spiro atoms. The molecule has 0 N–H and O–H groups in total. The number of sulfonamides is 1. The van der Waals surface area contributed by atoms with Crippen molar-refractivity contribution in [2.45, 2.75) is 18.5 Å². The molecule has 1 fully saturated rings. The first-order chi connectivity index (χ1) is 9.07. The van der Waals surface area contributed by atoms with Gasteiger partial charge in [0, 0.05) is 50.8 Å². The highest BCUT2D eigenvalue weighted by atomic mass is 79.9. The van der Waals surface area contributed by atoms with Crippen LogP contribution in [0.25, 0.3) is 0 Å². The largest absolute Gasteiger partial charge is 0.336 e. The molecule has 2 rings (SSSR count). The lowest BCUT2D eigenvalue weighted by atomic mass is 10.4. The first kappa shape index (κ1) is 15.0. The third-order valence-corrected chi connectivity index (χ3v) is 5.45. The number of nitrogens with zero attached hydrogens (tertiary/aromatic N) is 4. The van der Waals surface area contributed by atoms with Crippen LogP contribution >= 0.6 is 15.9 Å². The summed E-state index contributed by atoms with van der Waals surface area (Å²) in [4.78, 5) is 6.26. The van der Waals surface area contributed by atoms with Crippen molar-refractivity contribution in [1.82, 2.24) is 18.8 Å². The molecule has 0 radical (unpaired) electrons. The van der Waals surface area contributed by atoms with E-state index in [0.717, 1.165) is 31.5 Å². The Morgan fingerprint density at radius 1 is 1.32 bits per heavy atom. The molecular weight excluding hydrogens is 332 g/mol. The number of halogens is 1. The molecule has 19 heavy (non-hydrogen) atoms. The molecule has 1 aromatic heterocycles. The smallest absolute Gasteiger partial charge is 0.262 e. The van der Waals surface area contributed by atoms with Crippen molar-refractivity contribution in [3.63, 3.8) is 0 Å². The Bertz CT molecular complexity index is 509. The molecule has 2 heterocycles. The van der Waals surface area contributed by atoms with E-state index in [4.69, 9.17) is 0 Å². The first-order valence-electron chi connectivity index (χ1n) is 6.38. The molecule has 0 saturated carbocycles. The summed E-state index contributed by atoms with van der Waals surface area (Å²) in [7, 11) is -3.43. The van der Waals surface area contributed by atoms with Gasteiger partial charge in [0.1, 0.15) is 0 Å². The highest BCUT2D eigenvalue weighted by Gasteiger charge is 2.29. The van der Waals surface area contributed by atoms with E-state index in [1.165, 1.54) is 4.31 Å². The highest BCUT2D eigenvalue weighted by molar-refractivity contribution is 9.09. The van der Waals surface area contributed by atoms with Crippen LogP contribution in [0.5, 0.6) is 0 Å². The van der Waals surface area contributed by atoms with E-state index in [1.54, 1.807) is 17.1 Å². The molecule has 0 amide bonds. The fourth-order valence-electron chi connectivity index (χ4n) is 2.09. The van der Waals surface area contributed by atoms with E-state index < -0.39 is 10.0 Å². The fourth-order valence-corrected chi connectivity index (χ4v) is 3.95. The van der Waals surface area contributed by atoms with Gasteiger partial charge >= 0.3 is 0 Å². The predicted octanol–water partition coefficient (Wildman–Crippen LogP) is 0.604. The lowest BCUT2D eigenvalue weighted by Gasteiger charge is -2.33. The summed E-state index contributed by atoms with van der Waals surface area (Å²) in [6.45, 7) is 6.26.